The zero-order valence-corrected chi connectivity index (χ0v) is 14.9. The van der Waals surface area contributed by atoms with Crippen molar-refractivity contribution in [2.75, 3.05) is 39.4 Å². The fraction of sp³-hybridized carbons (Fsp3) is 0.611. The number of ether oxygens (including phenoxy) is 1. The predicted molar refractivity (Wildman–Crippen MR) is 93.6 cm³/mol. The summed E-state index contributed by atoms with van der Waals surface area (Å²) in [4.78, 5) is 22.1. The molecule has 0 spiro atoms. The van der Waals surface area contributed by atoms with Crippen LogP contribution in [0.15, 0.2) is 18.5 Å². The Kier molecular flexibility index (Phi) is 4.43. The van der Waals surface area contributed by atoms with Crippen molar-refractivity contribution in [3.8, 4) is 0 Å². The molecule has 0 bridgehead atoms. The Morgan fingerprint density at radius 2 is 2.12 bits per heavy atom. The van der Waals surface area contributed by atoms with Crippen LogP contribution in [0.4, 0.5) is 0 Å². The molecule has 7 nitrogen and oxygen atoms in total. The number of carbonyl (C=O) groups is 1. The standard InChI is InChI=1S/C18H25N5O2/c1-3-14-11-22(12-15(14)21-7-9-25-10-8-21)18(24)16-13(2)20-23-6-4-5-19-17(16)23/h4-6,14-15H,3,7-12H2,1-2H3. The zero-order valence-electron chi connectivity index (χ0n) is 14.9. The van der Waals surface area contributed by atoms with Crippen LogP contribution in [-0.4, -0.2) is 75.7 Å². The second kappa shape index (κ2) is 6.72. The van der Waals surface area contributed by atoms with E-state index in [0.717, 1.165) is 51.5 Å². The summed E-state index contributed by atoms with van der Waals surface area (Å²) in [6, 6.07) is 2.25. The van der Waals surface area contributed by atoms with E-state index in [2.05, 4.69) is 21.9 Å². The molecule has 2 unspecified atom stereocenters. The van der Waals surface area contributed by atoms with E-state index in [1.165, 1.54) is 0 Å². The van der Waals surface area contributed by atoms with E-state index in [-0.39, 0.29) is 5.91 Å². The molecule has 0 saturated carbocycles. The lowest BCUT2D eigenvalue weighted by Gasteiger charge is -2.34. The Morgan fingerprint density at radius 3 is 2.88 bits per heavy atom. The summed E-state index contributed by atoms with van der Waals surface area (Å²) in [6.45, 7) is 9.18. The summed E-state index contributed by atoms with van der Waals surface area (Å²) < 4.78 is 7.17. The molecule has 0 aliphatic carbocycles. The number of amides is 1. The summed E-state index contributed by atoms with van der Waals surface area (Å²) in [5, 5.41) is 4.43. The Hall–Kier alpha value is -1.99. The lowest BCUT2D eigenvalue weighted by atomic mass is 9.99. The van der Waals surface area contributed by atoms with Crippen molar-refractivity contribution in [2.45, 2.75) is 26.3 Å². The van der Waals surface area contributed by atoms with Gasteiger partial charge in [0.25, 0.3) is 5.91 Å². The summed E-state index contributed by atoms with van der Waals surface area (Å²) >= 11 is 0. The van der Waals surface area contributed by atoms with Crippen LogP contribution in [0, 0.1) is 12.8 Å². The number of hydrogen-bond donors (Lipinski definition) is 0. The molecular formula is C18H25N5O2. The van der Waals surface area contributed by atoms with Crippen LogP contribution in [0.3, 0.4) is 0 Å². The van der Waals surface area contributed by atoms with Gasteiger partial charge in [-0.1, -0.05) is 13.3 Å². The average Bonchev–Trinajstić information content (AvgIpc) is 3.22. The minimum atomic E-state index is 0.0559. The van der Waals surface area contributed by atoms with Gasteiger partial charge in [-0.2, -0.15) is 5.10 Å². The smallest absolute Gasteiger partial charge is 0.259 e. The third-order valence-corrected chi connectivity index (χ3v) is 5.52. The summed E-state index contributed by atoms with van der Waals surface area (Å²) in [7, 11) is 0. The van der Waals surface area contributed by atoms with E-state index in [9.17, 15) is 4.79 Å². The second-order valence-electron chi connectivity index (χ2n) is 6.94. The third-order valence-electron chi connectivity index (χ3n) is 5.52. The van der Waals surface area contributed by atoms with Crippen molar-refractivity contribution in [3.05, 3.63) is 29.7 Å². The average molecular weight is 343 g/mol. The molecule has 25 heavy (non-hydrogen) atoms. The lowest BCUT2D eigenvalue weighted by molar-refractivity contribution is 0.0103. The first kappa shape index (κ1) is 16.5. The van der Waals surface area contributed by atoms with Gasteiger partial charge in [0.1, 0.15) is 5.56 Å². The minimum Gasteiger partial charge on any atom is -0.379 e. The molecule has 4 rings (SSSR count). The molecule has 2 aliphatic heterocycles. The minimum absolute atomic E-state index is 0.0559. The molecular weight excluding hydrogens is 318 g/mol. The molecule has 0 aromatic carbocycles. The predicted octanol–water partition coefficient (Wildman–Crippen LogP) is 1.22. The van der Waals surface area contributed by atoms with E-state index < -0.39 is 0 Å². The monoisotopic (exact) mass is 343 g/mol. The number of hydrogen-bond acceptors (Lipinski definition) is 5. The molecule has 2 fully saturated rings. The third kappa shape index (κ3) is 2.91. The van der Waals surface area contributed by atoms with Crippen LogP contribution in [-0.2, 0) is 4.74 Å². The first-order valence-electron chi connectivity index (χ1n) is 9.10. The number of likely N-dealkylation sites (tertiary alicyclic amines) is 1. The van der Waals surface area contributed by atoms with Crippen molar-refractivity contribution in [3.63, 3.8) is 0 Å². The van der Waals surface area contributed by atoms with Gasteiger partial charge in [-0.15, -0.1) is 0 Å². The van der Waals surface area contributed by atoms with Crippen molar-refractivity contribution in [2.24, 2.45) is 5.92 Å². The number of carbonyl (C=O) groups excluding carboxylic acids is 1. The van der Waals surface area contributed by atoms with Crippen LogP contribution in [0.1, 0.15) is 29.4 Å². The van der Waals surface area contributed by atoms with Gasteiger partial charge < -0.3 is 9.64 Å². The van der Waals surface area contributed by atoms with Crippen molar-refractivity contribution in [1.82, 2.24) is 24.4 Å². The van der Waals surface area contributed by atoms with E-state index in [1.54, 1.807) is 10.7 Å². The summed E-state index contributed by atoms with van der Waals surface area (Å²) in [5.74, 6) is 0.567. The number of rotatable bonds is 3. The van der Waals surface area contributed by atoms with E-state index >= 15 is 0 Å². The number of nitrogens with zero attached hydrogens (tertiary/aromatic N) is 5. The molecule has 0 N–H and O–H groups in total. The van der Waals surface area contributed by atoms with Crippen LogP contribution in [0.2, 0.25) is 0 Å². The molecule has 1 amide bonds. The molecule has 2 aliphatic rings. The van der Waals surface area contributed by atoms with Crippen LogP contribution >= 0.6 is 0 Å². The highest BCUT2D eigenvalue weighted by molar-refractivity contribution is 6.01. The maximum atomic E-state index is 13.2. The van der Waals surface area contributed by atoms with Gasteiger partial charge in [-0.3, -0.25) is 9.69 Å². The van der Waals surface area contributed by atoms with E-state index in [0.29, 0.717) is 23.2 Å². The first-order chi connectivity index (χ1) is 12.2. The number of aromatic nitrogens is 3. The Balaban J connectivity index is 1.59. The Labute approximate surface area is 147 Å². The Morgan fingerprint density at radius 1 is 1.32 bits per heavy atom. The quantitative estimate of drug-likeness (QED) is 0.839. The first-order valence-corrected chi connectivity index (χ1v) is 9.10. The fourth-order valence-electron chi connectivity index (χ4n) is 4.15. The van der Waals surface area contributed by atoms with Gasteiger partial charge in [0, 0.05) is 44.6 Å². The van der Waals surface area contributed by atoms with Gasteiger partial charge >= 0.3 is 0 Å². The summed E-state index contributed by atoms with van der Waals surface area (Å²) in [5.41, 5.74) is 2.03. The van der Waals surface area contributed by atoms with Crippen LogP contribution in [0.25, 0.3) is 5.65 Å². The number of morpholine rings is 1. The van der Waals surface area contributed by atoms with E-state index in [1.807, 2.05) is 24.1 Å². The van der Waals surface area contributed by atoms with Crippen LogP contribution in [0.5, 0.6) is 0 Å². The van der Waals surface area contributed by atoms with Gasteiger partial charge in [0.15, 0.2) is 5.65 Å². The maximum absolute atomic E-state index is 13.2. The fourth-order valence-corrected chi connectivity index (χ4v) is 4.15. The van der Waals surface area contributed by atoms with Gasteiger partial charge in [-0.05, 0) is 18.9 Å². The Bertz CT molecular complexity index is 768. The second-order valence-corrected chi connectivity index (χ2v) is 6.94. The number of aryl methyl sites for hydroxylation is 1. The molecule has 134 valence electrons. The normalized spacial score (nSPS) is 25.0. The van der Waals surface area contributed by atoms with Gasteiger partial charge in [0.2, 0.25) is 0 Å². The van der Waals surface area contributed by atoms with Crippen LogP contribution < -0.4 is 0 Å². The molecule has 4 heterocycles. The lowest BCUT2D eigenvalue weighted by Crippen LogP contribution is -2.47. The largest absolute Gasteiger partial charge is 0.379 e. The zero-order chi connectivity index (χ0) is 17.4. The topological polar surface area (TPSA) is 63.0 Å². The molecule has 7 heteroatoms. The molecule has 2 saturated heterocycles. The van der Waals surface area contributed by atoms with Gasteiger partial charge in [0.05, 0.1) is 18.9 Å². The van der Waals surface area contributed by atoms with Crippen molar-refractivity contribution in [1.29, 1.82) is 0 Å². The van der Waals surface area contributed by atoms with E-state index in [4.69, 9.17) is 4.74 Å². The van der Waals surface area contributed by atoms with Crippen molar-refractivity contribution < 1.29 is 9.53 Å². The maximum Gasteiger partial charge on any atom is 0.259 e. The van der Waals surface area contributed by atoms with Gasteiger partial charge in [-0.25, -0.2) is 9.50 Å². The highest BCUT2D eigenvalue weighted by Gasteiger charge is 2.39. The summed E-state index contributed by atoms with van der Waals surface area (Å²) in [6.07, 6.45) is 4.63. The molecule has 2 aromatic rings. The highest BCUT2D eigenvalue weighted by atomic mass is 16.5. The molecule has 2 aromatic heterocycles. The van der Waals surface area contributed by atoms with Crippen molar-refractivity contribution >= 4 is 11.6 Å². The SMILES string of the molecule is CCC1CN(C(=O)c2c(C)nn3cccnc23)CC1N1CCOCC1. The molecule has 0 radical (unpaired) electrons. The molecule has 2 atom stereocenters. The number of fused-ring (bicyclic) bond motifs is 1. The highest BCUT2D eigenvalue weighted by Crippen LogP contribution is 2.28.